The Morgan fingerprint density at radius 3 is 2.63 bits per heavy atom. The summed E-state index contributed by atoms with van der Waals surface area (Å²) in [5.41, 5.74) is 2.36. The second-order valence-corrected chi connectivity index (χ2v) is 7.66. The highest BCUT2D eigenvalue weighted by Gasteiger charge is 2.18. The third-order valence-electron chi connectivity index (χ3n) is 4.79. The molecule has 0 saturated carbocycles. The topological polar surface area (TPSA) is 68.9 Å². The lowest BCUT2D eigenvalue weighted by Gasteiger charge is -2.09. The van der Waals surface area contributed by atoms with Gasteiger partial charge in [0.2, 0.25) is 5.91 Å². The fourth-order valence-electron chi connectivity index (χ4n) is 3.33. The molecule has 6 nitrogen and oxygen atoms in total. The molecule has 0 aliphatic heterocycles. The summed E-state index contributed by atoms with van der Waals surface area (Å²) in [6.45, 7) is 2.16. The summed E-state index contributed by atoms with van der Waals surface area (Å²) in [4.78, 5) is 30.1. The van der Waals surface area contributed by atoms with Crippen molar-refractivity contribution in [3.05, 3.63) is 81.7 Å². The van der Waals surface area contributed by atoms with Crippen LogP contribution in [0.25, 0.3) is 22.2 Å². The largest absolute Gasteiger partial charge is 0.332 e. The molecule has 152 valence electrons. The third kappa shape index (κ3) is 3.78. The zero-order chi connectivity index (χ0) is 21.3. The van der Waals surface area contributed by atoms with Crippen LogP contribution in [-0.2, 0) is 17.9 Å². The molecule has 0 radical (unpaired) electrons. The Bertz CT molecular complexity index is 1300. The number of hydrogen-bond donors (Lipinski definition) is 1. The SMILES string of the molecule is CCn1cnc2c(-c3ccccc3)cn(CC(=O)Nc3ccc(Br)cc3F)c2c1=O. The maximum atomic E-state index is 14.1. The fourth-order valence-corrected chi connectivity index (χ4v) is 3.66. The number of aryl methyl sites for hydroxylation is 1. The molecule has 1 N–H and O–H groups in total. The zero-order valence-electron chi connectivity index (χ0n) is 16.1. The molecule has 0 atom stereocenters. The van der Waals surface area contributed by atoms with E-state index < -0.39 is 11.7 Å². The normalized spacial score (nSPS) is 11.0. The Hall–Kier alpha value is -3.26. The summed E-state index contributed by atoms with van der Waals surface area (Å²) in [5, 5.41) is 2.56. The number of carbonyl (C=O) groups is 1. The highest BCUT2D eigenvalue weighted by atomic mass is 79.9. The number of fused-ring (bicyclic) bond motifs is 1. The number of benzene rings is 2. The van der Waals surface area contributed by atoms with Gasteiger partial charge in [-0.05, 0) is 30.7 Å². The summed E-state index contributed by atoms with van der Waals surface area (Å²) < 4.78 is 17.7. The Morgan fingerprint density at radius 2 is 1.93 bits per heavy atom. The van der Waals surface area contributed by atoms with Crippen LogP contribution < -0.4 is 10.9 Å². The zero-order valence-corrected chi connectivity index (χ0v) is 17.7. The van der Waals surface area contributed by atoms with Crippen LogP contribution in [0.15, 0.2) is 70.3 Å². The molecule has 4 aromatic rings. The van der Waals surface area contributed by atoms with Crippen molar-refractivity contribution in [2.75, 3.05) is 5.32 Å². The van der Waals surface area contributed by atoms with Crippen molar-refractivity contribution in [2.24, 2.45) is 0 Å². The van der Waals surface area contributed by atoms with E-state index in [-0.39, 0.29) is 17.8 Å². The number of rotatable bonds is 5. The minimum atomic E-state index is -0.546. The number of aromatic nitrogens is 3. The van der Waals surface area contributed by atoms with E-state index in [4.69, 9.17) is 0 Å². The summed E-state index contributed by atoms with van der Waals surface area (Å²) in [5.74, 6) is -0.992. The second kappa shape index (κ2) is 8.23. The molecule has 2 heterocycles. The first kappa shape index (κ1) is 20.0. The van der Waals surface area contributed by atoms with E-state index in [0.29, 0.717) is 22.1 Å². The maximum absolute atomic E-state index is 14.1. The lowest BCUT2D eigenvalue weighted by Crippen LogP contribution is -2.24. The molecule has 0 spiro atoms. The number of carbonyl (C=O) groups excluding carboxylic acids is 1. The predicted molar refractivity (Wildman–Crippen MR) is 118 cm³/mol. The number of anilines is 1. The van der Waals surface area contributed by atoms with Crippen LogP contribution in [0, 0.1) is 5.82 Å². The van der Waals surface area contributed by atoms with Gasteiger partial charge in [-0.1, -0.05) is 46.3 Å². The van der Waals surface area contributed by atoms with E-state index >= 15 is 0 Å². The average Bonchev–Trinajstić information content (AvgIpc) is 3.10. The van der Waals surface area contributed by atoms with Gasteiger partial charge in [0.15, 0.2) is 0 Å². The van der Waals surface area contributed by atoms with E-state index in [2.05, 4.69) is 26.2 Å². The minimum Gasteiger partial charge on any atom is -0.332 e. The smallest absolute Gasteiger partial charge is 0.277 e. The summed E-state index contributed by atoms with van der Waals surface area (Å²) in [7, 11) is 0. The van der Waals surface area contributed by atoms with Crippen molar-refractivity contribution in [3.63, 3.8) is 0 Å². The standard InChI is InChI=1S/C22H18BrFN4O2/c1-2-27-13-25-20-16(14-6-4-3-5-7-14)11-28(21(20)22(27)30)12-19(29)26-18-9-8-15(23)10-17(18)24/h3-11,13H,2,12H2,1H3,(H,26,29). The van der Waals surface area contributed by atoms with Crippen LogP contribution in [-0.4, -0.2) is 20.0 Å². The van der Waals surface area contributed by atoms with Crippen LogP contribution in [0.5, 0.6) is 0 Å². The molecule has 4 rings (SSSR count). The van der Waals surface area contributed by atoms with Gasteiger partial charge in [-0.3, -0.25) is 14.2 Å². The van der Waals surface area contributed by atoms with Gasteiger partial charge in [-0.15, -0.1) is 0 Å². The first-order valence-electron chi connectivity index (χ1n) is 9.36. The molecule has 8 heteroatoms. The van der Waals surface area contributed by atoms with Gasteiger partial charge >= 0.3 is 0 Å². The van der Waals surface area contributed by atoms with E-state index in [1.807, 2.05) is 37.3 Å². The average molecular weight is 469 g/mol. The van der Waals surface area contributed by atoms with Gasteiger partial charge in [0.1, 0.15) is 23.4 Å². The van der Waals surface area contributed by atoms with Crippen molar-refractivity contribution in [2.45, 2.75) is 20.0 Å². The van der Waals surface area contributed by atoms with Crippen LogP contribution in [0.4, 0.5) is 10.1 Å². The van der Waals surface area contributed by atoms with Crippen LogP contribution in [0.2, 0.25) is 0 Å². The molecule has 2 aromatic heterocycles. The van der Waals surface area contributed by atoms with E-state index in [1.54, 1.807) is 16.8 Å². The lowest BCUT2D eigenvalue weighted by atomic mass is 10.1. The monoisotopic (exact) mass is 468 g/mol. The fraction of sp³-hybridized carbons (Fsp3) is 0.136. The number of halogens is 2. The molecule has 0 saturated heterocycles. The molecular formula is C22H18BrFN4O2. The quantitative estimate of drug-likeness (QED) is 0.471. The van der Waals surface area contributed by atoms with Gasteiger partial charge in [-0.2, -0.15) is 0 Å². The van der Waals surface area contributed by atoms with Gasteiger partial charge in [0.25, 0.3) is 5.56 Å². The Kier molecular flexibility index (Phi) is 5.50. The molecule has 0 unspecified atom stereocenters. The van der Waals surface area contributed by atoms with Gasteiger partial charge < -0.3 is 9.88 Å². The lowest BCUT2D eigenvalue weighted by molar-refractivity contribution is -0.116. The van der Waals surface area contributed by atoms with Crippen molar-refractivity contribution in [3.8, 4) is 11.1 Å². The molecule has 0 aliphatic carbocycles. The van der Waals surface area contributed by atoms with E-state index in [1.165, 1.54) is 23.0 Å². The summed E-state index contributed by atoms with van der Waals surface area (Å²) in [6, 6.07) is 13.9. The van der Waals surface area contributed by atoms with Crippen LogP contribution >= 0.6 is 15.9 Å². The first-order chi connectivity index (χ1) is 14.5. The van der Waals surface area contributed by atoms with E-state index in [9.17, 15) is 14.0 Å². The molecule has 0 aliphatic rings. The number of nitrogens with one attached hydrogen (secondary N) is 1. The second-order valence-electron chi connectivity index (χ2n) is 6.74. The molecule has 0 fully saturated rings. The van der Waals surface area contributed by atoms with Crippen molar-refractivity contribution in [1.82, 2.24) is 14.1 Å². The molecule has 0 bridgehead atoms. The third-order valence-corrected chi connectivity index (χ3v) is 5.28. The highest BCUT2D eigenvalue weighted by molar-refractivity contribution is 9.10. The van der Waals surface area contributed by atoms with Gasteiger partial charge in [0.05, 0.1) is 12.0 Å². The molecule has 2 aromatic carbocycles. The van der Waals surface area contributed by atoms with E-state index in [0.717, 1.165) is 11.1 Å². The molecule has 1 amide bonds. The first-order valence-corrected chi connectivity index (χ1v) is 10.2. The van der Waals surface area contributed by atoms with Crippen LogP contribution in [0.1, 0.15) is 6.92 Å². The maximum Gasteiger partial charge on any atom is 0.277 e. The Morgan fingerprint density at radius 1 is 1.17 bits per heavy atom. The molecule has 30 heavy (non-hydrogen) atoms. The van der Waals surface area contributed by atoms with Crippen molar-refractivity contribution in [1.29, 1.82) is 0 Å². The van der Waals surface area contributed by atoms with Gasteiger partial charge in [-0.25, -0.2) is 9.37 Å². The number of hydrogen-bond acceptors (Lipinski definition) is 3. The molecular weight excluding hydrogens is 451 g/mol. The van der Waals surface area contributed by atoms with Crippen molar-refractivity contribution < 1.29 is 9.18 Å². The van der Waals surface area contributed by atoms with Crippen molar-refractivity contribution >= 4 is 38.6 Å². The number of amides is 1. The minimum absolute atomic E-state index is 0.0760. The van der Waals surface area contributed by atoms with Crippen LogP contribution in [0.3, 0.4) is 0 Å². The van der Waals surface area contributed by atoms with Gasteiger partial charge in [0, 0.05) is 22.8 Å². The Balaban J connectivity index is 1.76. The Labute approximate surface area is 180 Å². The predicted octanol–water partition coefficient (Wildman–Crippen LogP) is 4.43. The summed E-state index contributed by atoms with van der Waals surface area (Å²) in [6.07, 6.45) is 3.25. The number of nitrogens with zero attached hydrogens (tertiary/aromatic N) is 3. The highest BCUT2D eigenvalue weighted by Crippen LogP contribution is 2.27. The summed E-state index contributed by atoms with van der Waals surface area (Å²) >= 11 is 3.19.